The van der Waals surface area contributed by atoms with E-state index in [4.69, 9.17) is 16.7 Å². The van der Waals surface area contributed by atoms with Crippen molar-refractivity contribution >= 4 is 23.0 Å². The van der Waals surface area contributed by atoms with E-state index in [0.29, 0.717) is 6.54 Å². The highest BCUT2D eigenvalue weighted by Gasteiger charge is 2.19. The zero-order chi connectivity index (χ0) is 9.26. The number of hydrogen-bond donors (Lipinski definition) is 2. The number of fused-ring (bicyclic) bond motifs is 1. The number of aliphatic hydroxyl groups excluding tert-OH is 1. The summed E-state index contributed by atoms with van der Waals surface area (Å²) in [6, 6.07) is 5.76. The molecule has 2 rings (SSSR count). The second-order valence-electron chi connectivity index (χ2n) is 2.96. The van der Waals surface area contributed by atoms with Crippen molar-refractivity contribution in [3.63, 3.8) is 0 Å². The van der Waals surface area contributed by atoms with Gasteiger partial charge in [0.25, 0.3) is 0 Å². The minimum Gasteiger partial charge on any atom is -0.395 e. The van der Waals surface area contributed by atoms with Gasteiger partial charge >= 0.3 is 0 Å². The molecule has 0 saturated heterocycles. The number of benzene rings is 1. The number of rotatable bonds is 2. The molecular formula is C9H11ClN2O. The molecule has 0 atom stereocenters. The van der Waals surface area contributed by atoms with E-state index in [1.807, 2.05) is 23.1 Å². The molecule has 1 aromatic rings. The van der Waals surface area contributed by atoms with E-state index in [9.17, 15) is 0 Å². The van der Waals surface area contributed by atoms with Gasteiger partial charge in [-0.05, 0) is 12.1 Å². The summed E-state index contributed by atoms with van der Waals surface area (Å²) in [5, 5.41) is 12.8. The highest BCUT2D eigenvalue weighted by atomic mass is 35.5. The Hall–Kier alpha value is -0.930. The molecule has 0 bridgehead atoms. The minimum absolute atomic E-state index is 0.145. The minimum atomic E-state index is 0.145. The molecule has 1 aliphatic heterocycles. The summed E-state index contributed by atoms with van der Waals surface area (Å²) in [6.07, 6.45) is 0. The fourth-order valence-electron chi connectivity index (χ4n) is 1.55. The van der Waals surface area contributed by atoms with Crippen LogP contribution in [-0.2, 0) is 0 Å². The third-order valence-electron chi connectivity index (χ3n) is 2.13. The highest BCUT2D eigenvalue weighted by molar-refractivity contribution is 6.34. The first-order valence-corrected chi connectivity index (χ1v) is 4.59. The number of nitrogens with zero attached hydrogens (tertiary/aromatic N) is 1. The fraction of sp³-hybridized carbons (Fsp3) is 0.333. The number of β-amino-alcohol motifs (C(OH)–C–C–N with tert-alkyl or cyclic N) is 1. The molecule has 13 heavy (non-hydrogen) atoms. The Bertz CT molecular complexity index is 314. The molecule has 70 valence electrons. The van der Waals surface area contributed by atoms with Crippen LogP contribution in [0, 0.1) is 0 Å². The number of hydrogen-bond acceptors (Lipinski definition) is 3. The van der Waals surface area contributed by atoms with E-state index >= 15 is 0 Å². The summed E-state index contributed by atoms with van der Waals surface area (Å²) >= 11 is 6.04. The first-order valence-electron chi connectivity index (χ1n) is 4.21. The van der Waals surface area contributed by atoms with Crippen LogP contribution in [0.2, 0.25) is 5.02 Å². The summed E-state index contributed by atoms with van der Waals surface area (Å²) in [7, 11) is 0. The summed E-state index contributed by atoms with van der Waals surface area (Å²) in [5.41, 5.74) is 2.04. The maximum Gasteiger partial charge on any atom is 0.0879 e. The van der Waals surface area contributed by atoms with Crippen LogP contribution in [0.1, 0.15) is 0 Å². The lowest BCUT2D eigenvalue weighted by atomic mass is 10.2. The quantitative estimate of drug-likeness (QED) is 0.757. The van der Waals surface area contributed by atoms with Crippen molar-refractivity contribution in [3.8, 4) is 0 Å². The molecule has 3 nitrogen and oxygen atoms in total. The van der Waals surface area contributed by atoms with Gasteiger partial charge in [-0.15, -0.1) is 0 Å². The van der Waals surface area contributed by atoms with Crippen molar-refractivity contribution in [3.05, 3.63) is 23.2 Å². The standard InChI is InChI=1S/C9H11ClN2O/c10-7-2-1-3-8-9(7)12(4-5-13)6-11-8/h1-3,11,13H,4-6H2. The molecule has 0 saturated carbocycles. The smallest absolute Gasteiger partial charge is 0.0879 e. The van der Waals surface area contributed by atoms with E-state index in [1.165, 1.54) is 0 Å². The molecule has 0 aromatic heterocycles. The Kier molecular flexibility index (Phi) is 2.29. The van der Waals surface area contributed by atoms with Gasteiger partial charge in [-0.2, -0.15) is 0 Å². The average Bonchev–Trinajstić information content (AvgIpc) is 2.51. The number of halogens is 1. The molecule has 0 amide bonds. The Labute approximate surface area is 81.9 Å². The third-order valence-corrected chi connectivity index (χ3v) is 2.44. The van der Waals surface area contributed by atoms with E-state index in [-0.39, 0.29) is 6.61 Å². The fourth-order valence-corrected chi connectivity index (χ4v) is 1.84. The molecule has 4 heteroatoms. The van der Waals surface area contributed by atoms with Crippen LogP contribution >= 0.6 is 11.6 Å². The number of nitrogens with one attached hydrogen (secondary N) is 1. The maximum absolute atomic E-state index is 8.83. The average molecular weight is 199 g/mol. The van der Waals surface area contributed by atoms with Gasteiger partial charge in [0.1, 0.15) is 0 Å². The van der Waals surface area contributed by atoms with Crippen LogP contribution in [0.15, 0.2) is 18.2 Å². The van der Waals surface area contributed by atoms with Gasteiger partial charge in [-0.25, -0.2) is 0 Å². The molecule has 0 radical (unpaired) electrons. The molecule has 2 N–H and O–H groups in total. The lowest BCUT2D eigenvalue weighted by Gasteiger charge is -2.16. The van der Waals surface area contributed by atoms with Crippen LogP contribution in [0.3, 0.4) is 0 Å². The van der Waals surface area contributed by atoms with E-state index in [1.54, 1.807) is 0 Å². The van der Waals surface area contributed by atoms with E-state index < -0.39 is 0 Å². The van der Waals surface area contributed by atoms with E-state index in [2.05, 4.69) is 5.32 Å². The van der Waals surface area contributed by atoms with Gasteiger partial charge in [0.15, 0.2) is 0 Å². The van der Waals surface area contributed by atoms with Gasteiger partial charge < -0.3 is 15.3 Å². The third kappa shape index (κ3) is 1.45. The van der Waals surface area contributed by atoms with Crippen molar-refractivity contribution in [2.24, 2.45) is 0 Å². The van der Waals surface area contributed by atoms with Gasteiger partial charge in [0.2, 0.25) is 0 Å². The molecule has 0 fully saturated rings. The van der Waals surface area contributed by atoms with Crippen LogP contribution in [0.5, 0.6) is 0 Å². The van der Waals surface area contributed by atoms with Crippen LogP contribution in [0.4, 0.5) is 11.4 Å². The lowest BCUT2D eigenvalue weighted by Crippen LogP contribution is -2.26. The largest absolute Gasteiger partial charge is 0.395 e. The predicted octanol–water partition coefficient (Wildman–Crippen LogP) is 1.52. The maximum atomic E-state index is 8.83. The van der Waals surface area contributed by atoms with Crippen molar-refractivity contribution in [1.82, 2.24) is 0 Å². The van der Waals surface area contributed by atoms with Crippen LogP contribution in [-0.4, -0.2) is 24.9 Å². The van der Waals surface area contributed by atoms with Crippen LogP contribution < -0.4 is 10.2 Å². The SMILES string of the molecule is OCCN1CNc2cccc(Cl)c21. The van der Waals surface area contributed by atoms with Crippen molar-refractivity contribution in [1.29, 1.82) is 0 Å². The van der Waals surface area contributed by atoms with Crippen molar-refractivity contribution in [2.45, 2.75) is 0 Å². The number of anilines is 2. The Morgan fingerprint density at radius 2 is 2.38 bits per heavy atom. The van der Waals surface area contributed by atoms with Gasteiger partial charge in [-0.1, -0.05) is 17.7 Å². The first kappa shape index (κ1) is 8.66. The second-order valence-corrected chi connectivity index (χ2v) is 3.37. The Balaban J connectivity index is 2.34. The lowest BCUT2D eigenvalue weighted by molar-refractivity contribution is 0.303. The van der Waals surface area contributed by atoms with E-state index in [0.717, 1.165) is 23.1 Å². The topological polar surface area (TPSA) is 35.5 Å². The van der Waals surface area contributed by atoms with Crippen molar-refractivity contribution in [2.75, 3.05) is 30.0 Å². The molecule has 1 heterocycles. The van der Waals surface area contributed by atoms with Gasteiger partial charge in [0.05, 0.1) is 29.7 Å². The molecule has 0 aliphatic carbocycles. The molecule has 1 aliphatic rings. The zero-order valence-corrected chi connectivity index (χ0v) is 7.88. The van der Waals surface area contributed by atoms with Crippen LogP contribution in [0.25, 0.3) is 0 Å². The highest BCUT2D eigenvalue weighted by Crippen LogP contribution is 2.37. The Morgan fingerprint density at radius 3 is 3.15 bits per heavy atom. The molecule has 1 aromatic carbocycles. The van der Waals surface area contributed by atoms with Gasteiger partial charge in [0, 0.05) is 6.54 Å². The monoisotopic (exact) mass is 198 g/mol. The van der Waals surface area contributed by atoms with Gasteiger partial charge in [-0.3, -0.25) is 0 Å². The molecular weight excluding hydrogens is 188 g/mol. The normalized spacial score (nSPS) is 14.2. The second kappa shape index (κ2) is 3.44. The zero-order valence-electron chi connectivity index (χ0n) is 7.13. The summed E-state index contributed by atoms with van der Waals surface area (Å²) in [6.45, 7) is 1.48. The summed E-state index contributed by atoms with van der Waals surface area (Å²) < 4.78 is 0. The first-order chi connectivity index (χ1) is 6.33. The molecule has 0 spiro atoms. The Morgan fingerprint density at radius 1 is 1.54 bits per heavy atom. The number of aliphatic hydroxyl groups is 1. The predicted molar refractivity (Wildman–Crippen MR) is 54.4 cm³/mol. The molecule has 0 unspecified atom stereocenters. The summed E-state index contributed by atoms with van der Waals surface area (Å²) in [4.78, 5) is 2.03. The van der Waals surface area contributed by atoms with Crippen molar-refractivity contribution < 1.29 is 5.11 Å². The summed E-state index contributed by atoms with van der Waals surface area (Å²) in [5.74, 6) is 0. The number of para-hydroxylation sites is 1.